The van der Waals surface area contributed by atoms with E-state index in [1.807, 2.05) is 6.07 Å². The highest BCUT2D eigenvalue weighted by Crippen LogP contribution is 2.30. The number of anilines is 1. The highest BCUT2D eigenvalue weighted by atomic mass is 79.9. The molecule has 0 aliphatic carbocycles. The molecule has 1 unspecified atom stereocenters. The van der Waals surface area contributed by atoms with E-state index in [-0.39, 0.29) is 12.3 Å². The quantitative estimate of drug-likeness (QED) is 0.836. The van der Waals surface area contributed by atoms with Crippen LogP contribution in [0.3, 0.4) is 0 Å². The molecule has 0 radical (unpaired) electrons. The first-order valence-corrected chi connectivity index (χ1v) is 5.00. The molecule has 0 aromatic carbocycles. The van der Waals surface area contributed by atoms with Gasteiger partial charge in [0.2, 0.25) is 0 Å². The van der Waals surface area contributed by atoms with Crippen molar-refractivity contribution in [1.29, 1.82) is 5.26 Å². The second-order valence-corrected chi connectivity index (χ2v) is 3.87. The van der Waals surface area contributed by atoms with Gasteiger partial charge in [0.15, 0.2) is 17.7 Å². The lowest BCUT2D eigenvalue weighted by molar-refractivity contribution is -0.123. The van der Waals surface area contributed by atoms with Crippen molar-refractivity contribution < 1.29 is 9.53 Å². The molecule has 15 heavy (non-hydrogen) atoms. The van der Waals surface area contributed by atoms with Gasteiger partial charge in [0, 0.05) is 10.7 Å². The van der Waals surface area contributed by atoms with E-state index in [2.05, 4.69) is 26.2 Å². The molecule has 1 aromatic rings. The molecule has 0 saturated carbocycles. The number of carbonyl (C=O) groups is 1. The maximum atomic E-state index is 11.4. The number of carbonyl (C=O) groups excluding carboxylic acids is 1. The Bertz CT molecular complexity index is 455. The Kier molecular flexibility index (Phi) is 2.56. The summed E-state index contributed by atoms with van der Waals surface area (Å²) in [5.74, 6) is 0.528. The SMILES string of the molecule is N#CCC1Oc2cc(Br)cnc2NC1=O. The summed E-state index contributed by atoms with van der Waals surface area (Å²) >= 11 is 3.24. The molecule has 0 spiro atoms. The molecular weight excluding hydrogens is 262 g/mol. The first kappa shape index (κ1) is 9.93. The zero-order valence-corrected chi connectivity index (χ0v) is 9.11. The highest BCUT2D eigenvalue weighted by molar-refractivity contribution is 9.10. The van der Waals surface area contributed by atoms with Gasteiger partial charge in [-0.2, -0.15) is 5.26 Å². The fraction of sp³-hybridized carbons (Fsp3) is 0.222. The molecular formula is C9H6BrN3O2. The molecule has 0 fully saturated rings. The van der Waals surface area contributed by atoms with Gasteiger partial charge in [-0.1, -0.05) is 0 Å². The predicted octanol–water partition coefficient (Wildman–Crippen LogP) is 1.46. The van der Waals surface area contributed by atoms with Gasteiger partial charge in [-0.15, -0.1) is 0 Å². The van der Waals surface area contributed by atoms with Gasteiger partial charge in [0.25, 0.3) is 5.91 Å². The maximum Gasteiger partial charge on any atom is 0.267 e. The molecule has 2 rings (SSSR count). The normalized spacial score (nSPS) is 18.4. The molecule has 1 N–H and O–H groups in total. The lowest BCUT2D eigenvalue weighted by atomic mass is 10.2. The van der Waals surface area contributed by atoms with E-state index >= 15 is 0 Å². The number of fused-ring (bicyclic) bond motifs is 1. The summed E-state index contributed by atoms with van der Waals surface area (Å²) < 4.78 is 6.10. The highest BCUT2D eigenvalue weighted by Gasteiger charge is 2.28. The zero-order chi connectivity index (χ0) is 10.8. The molecule has 1 aliphatic rings. The minimum Gasteiger partial charge on any atom is -0.476 e. The summed E-state index contributed by atoms with van der Waals surface area (Å²) in [5.41, 5.74) is 0. The number of hydrogen-bond donors (Lipinski definition) is 1. The summed E-state index contributed by atoms with van der Waals surface area (Å²) in [6, 6.07) is 3.60. The second kappa shape index (κ2) is 3.87. The first-order chi connectivity index (χ1) is 7.20. The van der Waals surface area contributed by atoms with E-state index in [1.54, 1.807) is 12.3 Å². The summed E-state index contributed by atoms with van der Waals surface area (Å²) in [6.45, 7) is 0. The van der Waals surface area contributed by atoms with Crippen LogP contribution >= 0.6 is 15.9 Å². The number of pyridine rings is 1. The number of hydrogen-bond acceptors (Lipinski definition) is 4. The Balaban J connectivity index is 2.31. The number of nitriles is 1. The smallest absolute Gasteiger partial charge is 0.267 e. The summed E-state index contributed by atoms with van der Waals surface area (Å²) in [6.07, 6.45) is 0.837. The van der Waals surface area contributed by atoms with Crippen molar-refractivity contribution in [3.63, 3.8) is 0 Å². The van der Waals surface area contributed by atoms with E-state index < -0.39 is 6.10 Å². The molecule has 0 bridgehead atoms. The van der Waals surface area contributed by atoms with Crippen LogP contribution in [-0.2, 0) is 4.79 Å². The zero-order valence-electron chi connectivity index (χ0n) is 7.53. The van der Waals surface area contributed by atoms with Crippen molar-refractivity contribution in [2.45, 2.75) is 12.5 Å². The first-order valence-electron chi connectivity index (χ1n) is 4.20. The van der Waals surface area contributed by atoms with Crippen LogP contribution in [0.1, 0.15) is 6.42 Å². The molecule has 1 amide bonds. The number of ether oxygens (including phenoxy) is 1. The Morgan fingerprint density at radius 3 is 3.27 bits per heavy atom. The summed E-state index contributed by atoms with van der Waals surface area (Å²) in [5, 5.41) is 11.1. The van der Waals surface area contributed by atoms with Crippen LogP contribution < -0.4 is 10.1 Å². The average Bonchev–Trinajstić information content (AvgIpc) is 2.20. The lowest BCUT2D eigenvalue weighted by Gasteiger charge is -2.23. The maximum absolute atomic E-state index is 11.4. The van der Waals surface area contributed by atoms with Crippen LogP contribution in [0.15, 0.2) is 16.7 Å². The Morgan fingerprint density at radius 1 is 1.73 bits per heavy atom. The number of halogens is 1. The van der Waals surface area contributed by atoms with E-state index in [0.29, 0.717) is 11.6 Å². The van der Waals surface area contributed by atoms with Crippen LogP contribution in [0, 0.1) is 11.3 Å². The minimum absolute atomic E-state index is 0.0256. The standard InChI is InChI=1S/C9H6BrN3O2/c10-5-3-7-8(12-4-5)13-9(14)6(15-7)1-2-11/h3-4,6H,1H2,(H,12,13,14). The van der Waals surface area contributed by atoms with Crippen molar-refractivity contribution >= 4 is 27.7 Å². The fourth-order valence-corrected chi connectivity index (χ4v) is 1.54. The minimum atomic E-state index is -0.751. The summed E-state index contributed by atoms with van der Waals surface area (Å²) in [4.78, 5) is 15.4. The molecule has 6 heteroatoms. The van der Waals surface area contributed by atoms with Crippen molar-refractivity contribution in [3.8, 4) is 11.8 Å². The van der Waals surface area contributed by atoms with Crippen LogP contribution in [-0.4, -0.2) is 17.0 Å². The molecule has 76 valence electrons. The van der Waals surface area contributed by atoms with Gasteiger partial charge < -0.3 is 10.1 Å². The van der Waals surface area contributed by atoms with E-state index in [9.17, 15) is 4.79 Å². The van der Waals surface area contributed by atoms with Crippen LogP contribution in [0.25, 0.3) is 0 Å². The van der Waals surface area contributed by atoms with Gasteiger partial charge in [-0.25, -0.2) is 4.98 Å². The number of aromatic nitrogens is 1. The second-order valence-electron chi connectivity index (χ2n) is 2.96. The molecule has 2 heterocycles. The van der Waals surface area contributed by atoms with E-state index in [1.165, 1.54) is 0 Å². The van der Waals surface area contributed by atoms with Crippen molar-refractivity contribution in [2.75, 3.05) is 5.32 Å². The van der Waals surface area contributed by atoms with Gasteiger partial charge in [-0.05, 0) is 22.0 Å². The topological polar surface area (TPSA) is 75.0 Å². The van der Waals surface area contributed by atoms with Crippen molar-refractivity contribution in [3.05, 3.63) is 16.7 Å². The van der Waals surface area contributed by atoms with E-state index in [0.717, 1.165) is 4.47 Å². The van der Waals surface area contributed by atoms with Gasteiger partial charge in [0.1, 0.15) is 0 Å². The molecule has 0 saturated heterocycles. The van der Waals surface area contributed by atoms with Gasteiger partial charge in [0.05, 0.1) is 12.5 Å². The molecule has 1 aliphatic heterocycles. The van der Waals surface area contributed by atoms with Crippen LogP contribution in [0.4, 0.5) is 5.82 Å². The summed E-state index contributed by atoms with van der Waals surface area (Å²) in [7, 11) is 0. The Labute approximate surface area is 94.2 Å². The Morgan fingerprint density at radius 2 is 2.53 bits per heavy atom. The third-order valence-electron chi connectivity index (χ3n) is 1.90. The number of amides is 1. The molecule has 1 aromatic heterocycles. The Hall–Kier alpha value is -1.61. The number of nitrogens with zero attached hydrogens (tertiary/aromatic N) is 2. The predicted molar refractivity (Wildman–Crippen MR) is 55.2 cm³/mol. The molecule has 5 nitrogen and oxygen atoms in total. The van der Waals surface area contributed by atoms with Gasteiger partial charge in [-0.3, -0.25) is 4.79 Å². The van der Waals surface area contributed by atoms with Crippen molar-refractivity contribution in [1.82, 2.24) is 4.98 Å². The third kappa shape index (κ3) is 1.92. The third-order valence-corrected chi connectivity index (χ3v) is 2.33. The van der Waals surface area contributed by atoms with Crippen LogP contribution in [0.5, 0.6) is 5.75 Å². The van der Waals surface area contributed by atoms with Gasteiger partial charge >= 0.3 is 0 Å². The van der Waals surface area contributed by atoms with E-state index in [4.69, 9.17) is 10.00 Å². The van der Waals surface area contributed by atoms with Crippen LogP contribution in [0.2, 0.25) is 0 Å². The monoisotopic (exact) mass is 267 g/mol. The fourth-order valence-electron chi connectivity index (χ4n) is 1.23. The number of nitrogens with one attached hydrogen (secondary N) is 1. The largest absolute Gasteiger partial charge is 0.476 e. The van der Waals surface area contributed by atoms with Crippen molar-refractivity contribution in [2.24, 2.45) is 0 Å². The number of rotatable bonds is 1. The average molecular weight is 268 g/mol. The lowest BCUT2D eigenvalue weighted by Crippen LogP contribution is -2.37. The molecule has 1 atom stereocenters.